The van der Waals surface area contributed by atoms with Crippen molar-refractivity contribution in [2.45, 2.75) is 26.4 Å². The summed E-state index contributed by atoms with van der Waals surface area (Å²) in [7, 11) is 0. The standard InChI is InChI=1S/C24H23N5O2/c1-15-4-5-20(28-23(30)17-6-7-26-16(2)8-17)10-21(15)19-9-18(11-25)22(27-12-19)29-13-24(3,31)14-29/h4-10,12,31H,13-14H2,1-3H3,(H,28,30). The third kappa shape index (κ3) is 4.25. The highest BCUT2D eigenvalue weighted by Gasteiger charge is 2.38. The van der Waals surface area contributed by atoms with E-state index in [-0.39, 0.29) is 5.91 Å². The van der Waals surface area contributed by atoms with E-state index in [1.807, 2.05) is 36.9 Å². The van der Waals surface area contributed by atoms with Gasteiger partial charge in [-0.25, -0.2) is 4.98 Å². The number of aryl methyl sites for hydroxylation is 2. The number of hydrogen-bond acceptors (Lipinski definition) is 6. The van der Waals surface area contributed by atoms with E-state index in [0.29, 0.717) is 35.7 Å². The molecule has 1 saturated heterocycles. The normalized spacial score (nSPS) is 14.5. The molecule has 0 saturated carbocycles. The fourth-order valence-corrected chi connectivity index (χ4v) is 3.77. The van der Waals surface area contributed by atoms with E-state index in [4.69, 9.17) is 0 Å². The number of carbonyl (C=O) groups excluding carboxylic acids is 1. The fourth-order valence-electron chi connectivity index (χ4n) is 3.77. The summed E-state index contributed by atoms with van der Waals surface area (Å²) in [5, 5.41) is 22.5. The molecule has 156 valence electrons. The molecule has 2 N–H and O–H groups in total. The molecule has 0 unspecified atom stereocenters. The van der Waals surface area contributed by atoms with Gasteiger partial charge in [0.15, 0.2) is 0 Å². The van der Waals surface area contributed by atoms with E-state index in [9.17, 15) is 15.2 Å². The number of hydrogen-bond donors (Lipinski definition) is 2. The Kier molecular flexibility index (Phi) is 5.17. The molecule has 0 bridgehead atoms. The summed E-state index contributed by atoms with van der Waals surface area (Å²) in [5.74, 6) is 0.365. The van der Waals surface area contributed by atoms with E-state index in [0.717, 1.165) is 22.4 Å². The number of nitrogens with one attached hydrogen (secondary N) is 1. The molecule has 4 rings (SSSR count). The molecule has 1 aromatic carbocycles. The van der Waals surface area contributed by atoms with Crippen molar-refractivity contribution in [1.29, 1.82) is 5.26 Å². The summed E-state index contributed by atoms with van der Waals surface area (Å²) in [4.78, 5) is 23.1. The molecule has 1 aliphatic rings. The summed E-state index contributed by atoms with van der Waals surface area (Å²) in [5.41, 5.74) is 4.35. The first-order valence-electron chi connectivity index (χ1n) is 9.98. The van der Waals surface area contributed by atoms with Crippen molar-refractivity contribution in [3.05, 3.63) is 71.2 Å². The topological polar surface area (TPSA) is 102 Å². The highest BCUT2D eigenvalue weighted by molar-refractivity contribution is 6.04. The van der Waals surface area contributed by atoms with Gasteiger partial charge in [-0.2, -0.15) is 5.26 Å². The Morgan fingerprint density at radius 1 is 1.19 bits per heavy atom. The number of nitrogens with zero attached hydrogens (tertiary/aromatic N) is 4. The second-order valence-electron chi connectivity index (χ2n) is 8.23. The molecule has 2 aromatic heterocycles. The van der Waals surface area contributed by atoms with Gasteiger partial charge in [0.2, 0.25) is 0 Å². The monoisotopic (exact) mass is 413 g/mol. The zero-order valence-electron chi connectivity index (χ0n) is 17.7. The Balaban J connectivity index is 1.61. The molecule has 1 fully saturated rings. The van der Waals surface area contributed by atoms with Crippen molar-refractivity contribution in [2.75, 3.05) is 23.3 Å². The smallest absolute Gasteiger partial charge is 0.255 e. The Morgan fingerprint density at radius 3 is 2.65 bits per heavy atom. The molecule has 1 amide bonds. The molecule has 31 heavy (non-hydrogen) atoms. The number of rotatable bonds is 4. The number of aliphatic hydroxyl groups is 1. The maximum Gasteiger partial charge on any atom is 0.255 e. The zero-order valence-corrected chi connectivity index (χ0v) is 17.7. The zero-order chi connectivity index (χ0) is 22.2. The SMILES string of the molecule is Cc1cc(C(=O)Nc2ccc(C)c(-c3cnc(N4CC(C)(O)C4)c(C#N)c3)c2)ccn1. The van der Waals surface area contributed by atoms with Crippen LogP contribution in [-0.4, -0.2) is 39.7 Å². The Labute approximate surface area is 181 Å². The highest BCUT2D eigenvalue weighted by atomic mass is 16.3. The number of β-amino-alcohol motifs (C(OH)–C–C–N with tert-alkyl or cyclic N) is 1. The van der Waals surface area contributed by atoms with Crippen LogP contribution >= 0.6 is 0 Å². The molecule has 3 heterocycles. The van der Waals surface area contributed by atoms with Crippen LogP contribution in [0.25, 0.3) is 11.1 Å². The molecule has 0 aliphatic carbocycles. The van der Waals surface area contributed by atoms with Gasteiger partial charge in [-0.3, -0.25) is 9.78 Å². The number of amides is 1. The van der Waals surface area contributed by atoms with Gasteiger partial charge < -0.3 is 15.3 Å². The second kappa shape index (κ2) is 7.82. The molecular weight excluding hydrogens is 390 g/mol. The minimum Gasteiger partial charge on any atom is -0.386 e. The summed E-state index contributed by atoms with van der Waals surface area (Å²) in [6.07, 6.45) is 3.34. The number of anilines is 2. The van der Waals surface area contributed by atoms with E-state index in [2.05, 4.69) is 21.4 Å². The average molecular weight is 413 g/mol. The summed E-state index contributed by atoms with van der Waals surface area (Å²) >= 11 is 0. The predicted molar refractivity (Wildman–Crippen MR) is 119 cm³/mol. The molecule has 0 atom stereocenters. The Morgan fingerprint density at radius 2 is 1.97 bits per heavy atom. The molecule has 0 radical (unpaired) electrons. The van der Waals surface area contributed by atoms with Crippen LogP contribution in [0.15, 0.2) is 48.8 Å². The molecule has 3 aromatic rings. The van der Waals surface area contributed by atoms with Crippen molar-refractivity contribution < 1.29 is 9.90 Å². The average Bonchev–Trinajstić information content (AvgIpc) is 2.73. The van der Waals surface area contributed by atoms with Crippen molar-refractivity contribution >= 4 is 17.4 Å². The first-order valence-corrected chi connectivity index (χ1v) is 9.98. The van der Waals surface area contributed by atoms with E-state index < -0.39 is 5.60 Å². The van der Waals surface area contributed by atoms with Crippen LogP contribution < -0.4 is 10.2 Å². The van der Waals surface area contributed by atoms with E-state index >= 15 is 0 Å². The second-order valence-corrected chi connectivity index (χ2v) is 8.23. The third-order valence-corrected chi connectivity index (χ3v) is 5.31. The quantitative estimate of drug-likeness (QED) is 0.679. The molecule has 7 nitrogen and oxygen atoms in total. The Bertz CT molecular complexity index is 1200. The van der Waals surface area contributed by atoms with Crippen molar-refractivity contribution in [3.63, 3.8) is 0 Å². The first-order chi connectivity index (χ1) is 14.8. The minimum atomic E-state index is -0.746. The van der Waals surface area contributed by atoms with Gasteiger partial charge in [0.25, 0.3) is 5.91 Å². The van der Waals surface area contributed by atoms with Gasteiger partial charge in [-0.15, -0.1) is 0 Å². The lowest BCUT2D eigenvalue weighted by molar-refractivity contribution is 0.0305. The van der Waals surface area contributed by atoms with Gasteiger partial charge in [0, 0.05) is 48.0 Å². The van der Waals surface area contributed by atoms with Crippen LogP contribution in [0.1, 0.15) is 34.1 Å². The molecule has 0 spiro atoms. The predicted octanol–water partition coefficient (Wildman–Crippen LogP) is 3.46. The van der Waals surface area contributed by atoms with E-state index in [1.54, 1.807) is 37.5 Å². The lowest BCUT2D eigenvalue weighted by atomic mass is 9.95. The van der Waals surface area contributed by atoms with Gasteiger partial charge in [0.1, 0.15) is 11.9 Å². The van der Waals surface area contributed by atoms with Crippen LogP contribution in [0.2, 0.25) is 0 Å². The largest absolute Gasteiger partial charge is 0.386 e. The number of benzene rings is 1. The fraction of sp³-hybridized carbons (Fsp3) is 0.250. The molecule has 7 heteroatoms. The maximum atomic E-state index is 12.6. The van der Waals surface area contributed by atoms with Crippen LogP contribution in [-0.2, 0) is 0 Å². The number of aromatic nitrogens is 2. The first kappa shape index (κ1) is 20.5. The summed E-state index contributed by atoms with van der Waals surface area (Å²) in [6.45, 7) is 6.47. The van der Waals surface area contributed by atoms with Gasteiger partial charge >= 0.3 is 0 Å². The van der Waals surface area contributed by atoms with Gasteiger partial charge in [-0.05, 0) is 62.2 Å². The number of pyridine rings is 2. The number of carbonyl (C=O) groups is 1. The van der Waals surface area contributed by atoms with Crippen LogP contribution in [0.5, 0.6) is 0 Å². The van der Waals surface area contributed by atoms with Crippen molar-refractivity contribution in [3.8, 4) is 17.2 Å². The van der Waals surface area contributed by atoms with Gasteiger partial charge in [-0.1, -0.05) is 6.07 Å². The minimum absolute atomic E-state index is 0.212. The third-order valence-electron chi connectivity index (χ3n) is 5.31. The van der Waals surface area contributed by atoms with Gasteiger partial charge in [0.05, 0.1) is 11.2 Å². The van der Waals surface area contributed by atoms with Crippen molar-refractivity contribution in [2.24, 2.45) is 0 Å². The molecular formula is C24H23N5O2. The Hall–Kier alpha value is -3.76. The van der Waals surface area contributed by atoms with Crippen LogP contribution in [0.4, 0.5) is 11.5 Å². The summed E-state index contributed by atoms with van der Waals surface area (Å²) < 4.78 is 0. The van der Waals surface area contributed by atoms with Crippen LogP contribution in [0, 0.1) is 25.2 Å². The molecule has 1 aliphatic heterocycles. The van der Waals surface area contributed by atoms with E-state index in [1.165, 1.54) is 0 Å². The highest BCUT2D eigenvalue weighted by Crippen LogP contribution is 2.32. The van der Waals surface area contributed by atoms with Crippen molar-refractivity contribution in [1.82, 2.24) is 9.97 Å². The number of nitriles is 1. The summed E-state index contributed by atoms with van der Waals surface area (Å²) in [6, 6.07) is 13.1. The van der Waals surface area contributed by atoms with Crippen LogP contribution in [0.3, 0.4) is 0 Å². The lowest BCUT2D eigenvalue weighted by Crippen LogP contribution is -2.60. The maximum absolute atomic E-state index is 12.6. The lowest BCUT2D eigenvalue weighted by Gasteiger charge is -2.45.